The van der Waals surface area contributed by atoms with Gasteiger partial charge in [-0.2, -0.15) is 5.26 Å². The van der Waals surface area contributed by atoms with E-state index in [1.54, 1.807) is 0 Å². The fourth-order valence-electron chi connectivity index (χ4n) is 1.88. The normalized spacial score (nSPS) is 17.4. The second-order valence-electron chi connectivity index (χ2n) is 3.94. The summed E-state index contributed by atoms with van der Waals surface area (Å²) >= 11 is 1.51. The van der Waals surface area contributed by atoms with E-state index in [0.29, 0.717) is 0 Å². The molecule has 1 saturated heterocycles. The standard InChI is InChI=1S/C11H16N4S/c1-3-14-4-6-15(7-5-14)11-13-9(2)10(8-12)16-11/h3-7H2,1-2H3. The van der Waals surface area contributed by atoms with Crippen molar-refractivity contribution >= 4 is 16.5 Å². The molecule has 2 rings (SSSR count). The summed E-state index contributed by atoms with van der Waals surface area (Å²) in [6.07, 6.45) is 0. The average Bonchev–Trinajstić information content (AvgIpc) is 2.71. The van der Waals surface area contributed by atoms with Crippen molar-refractivity contribution in [3.8, 4) is 6.07 Å². The molecule has 0 bridgehead atoms. The number of nitriles is 1. The third kappa shape index (κ3) is 2.18. The highest BCUT2D eigenvalue weighted by atomic mass is 32.1. The van der Waals surface area contributed by atoms with Gasteiger partial charge < -0.3 is 9.80 Å². The van der Waals surface area contributed by atoms with Gasteiger partial charge in [0.1, 0.15) is 10.9 Å². The third-order valence-corrected chi connectivity index (χ3v) is 4.10. The van der Waals surface area contributed by atoms with Gasteiger partial charge in [-0.15, -0.1) is 0 Å². The van der Waals surface area contributed by atoms with Crippen LogP contribution in [0.4, 0.5) is 5.13 Å². The van der Waals surface area contributed by atoms with Crippen molar-refractivity contribution in [2.45, 2.75) is 13.8 Å². The number of aromatic nitrogens is 1. The van der Waals surface area contributed by atoms with Crippen molar-refractivity contribution in [3.63, 3.8) is 0 Å². The minimum absolute atomic E-state index is 0.743. The number of anilines is 1. The van der Waals surface area contributed by atoms with Gasteiger partial charge in [-0.25, -0.2) is 4.98 Å². The maximum absolute atomic E-state index is 8.90. The molecule has 0 atom stereocenters. The Bertz CT molecular complexity index is 399. The quantitative estimate of drug-likeness (QED) is 0.780. The van der Waals surface area contributed by atoms with E-state index in [-0.39, 0.29) is 0 Å². The largest absolute Gasteiger partial charge is 0.345 e. The van der Waals surface area contributed by atoms with E-state index in [9.17, 15) is 0 Å². The van der Waals surface area contributed by atoms with Gasteiger partial charge >= 0.3 is 0 Å². The second kappa shape index (κ2) is 4.81. The van der Waals surface area contributed by atoms with E-state index in [1.165, 1.54) is 11.3 Å². The molecule has 0 amide bonds. The number of likely N-dealkylation sites (N-methyl/N-ethyl adjacent to an activating group) is 1. The number of thiazole rings is 1. The first-order valence-electron chi connectivity index (χ1n) is 5.59. The summed E-state index contributed by atoms with van der Waals surface area (Å²) in [4.78, 5) is 9.92. The molecule has 1 aliphatic rings. The van der Waals surface area contributed by atoms with Crippen LogP contribution in [0.25, 0.3) is 0 Å². The smallest absolute Gasteiger partial charge is 0.186 e. The lowest BCUT2D eigenvalue weighted by Gasteiger charge is -2.33. The minimum Gasteiger partial charge on any atom is -0.345 e. The van der Waals surface area contributed by atoms with Crippen LogP contribution in [0.2, 0.25) is 0 Å². The van der Waals surface area contributed by atoms with Crippen molar-refractivity contribution in [3.05, 3.63) is 10.6 Å². The maximum atomic E-state index is 8.90. The van der Waals surface area contributed by atoms with Crippen molar-refractivity contribution in [2.75, 3.05) is 37.6 Å². The van der Waals surface area contributed by atoms with Crippen molar-refractivity contribution in [1.29, 1.82) is 5.26 Å². The molecule has 1 fully saturated rings. The van der Waals surface area contributed by atoms with Crippen LogP contribution in [-0.2, 0) is 0 Å². The number of rotatable bonds is 2. The molecule has 1 aromatic rings. The van der Waals surface area contributed by atoms with E-state index in [2.05, 4.69) is 27.8 Å². The Balaban J connectivity index is 2.06. The lowest BCUT2D eigenvalue weighted by atomic mass is 10.3. The summed E-state index contributed by atoms with van der Waals surface area (Å²) < 4.78 is 0. The maximum Gasteiger partial charge on any atom is 0.186 e. The fraction of sp³-hybridized carbons (Fsp3) is 0.636. The summed E-state index contributed by atoms with van der Waals surface area (Å²) in [7, 11) is 0. The summed E-state index contributed by atoms with van der Waals surface area (Å²) in [5, 5.41) is 9.91. The van der Waals surface area contributed by atoms with Gasteiger partial charge in [0.25, 0.3) is 0 Å². The first kappa shape index (κ1) is 11.4. The van der Waals surface area contributed by atoms with Gasteiger partial charge in [-0.05, 0) is 13.5 Å². The van der Waals surface area contributed by atoms with Gasteiger partial charge in [0.2, 0.25) is 0 Å². The van der Waals surface area contributed by atoms with Gasteiger partial charge in [-0.1, -0.05) is 18.3 Å². The predicted molar refractivity (Wildman–Crippen MR) is 65.9 cm³/mol. The predicted octanol–water partition coefficient (Wildman–Crippen LogP) is 1.47. The molecule has 4 nitrogen and oxygen atoms in total. The zero-order chi connectivity index (χ0) is 11.5. The van der Waals surface area contributed by atoms with Crippen LogP contribution in [0, 0.1) is 18.3 Å². The van der Waals surface area contributed by atoms with Crippen LogP contribution in [0.3, 0.4) is 0 Å². The van der Waals surface area contributed by atoms with E-state index >= 15 is 0 Å². The third-order valence-electron chi connectivity index (χ3n) is 2.98. The molecule has 2 heterocycles. The van der Waals surface area contributed by atoms with Crippen LogP contribution < -0.4 is 4.90 Å². The van der Waals surface area contributed by atoms with Crippen LogP contribution in [0.5, 0.6) is 0 Å². The number of hydrogen-bond donors (Lipinski definition) is 0. The highest BCUT2D eigenvalue weighted by molar-refractivity contribution is 7.16. The molecule has 1 aliphatic heterocycles. The molecular formula is C11H16N4S. The summed E-state index contributed by atoms with van der Waals surface area (Å²) in [5.41, 5.74) is 0.862. The number of piperazine rings is 1. The Morgan fingerprint density at radius 2 is 2.06 bits per heavy atom. The monoisotopic (exact) mass is 236 g/mol. The van der Waals surface area contributed by atoms with Crippen molar-refractivity contribution in [2.24, 2.45) is 0 Å². The van der Waals surface area contributed by atoms with Crippen LogP contribution in [-0.4, -0.2) is 42.6 Å². The molecule has 0 aliphatic carbocycles. The molecule has 0 saturated carbocycles. The zero-order valence-electron chi connectivity index (χ0n) is 9.73. The van der Waals surface area contributed by atoms with Gasteiger partial charge in [0, 0.05) is 26.2 Å². The average molecular weight is 236 g/mol. The topological polar surface area (TPSA) is 43.2 Å². The Hall–Kier alpha value is -1.12. The number of hydrogen-bond acceptors (Lipinski definition) is 5. The minimum atomic E-state index is 0.743. The highest BCUT2D eigenvalue weighted by Gasteiger charge is 2.19. The van der Waals surface area contributed by atoms with Crippen molar-refractivity contribution < 1.29 is 0 Å². The molecule has 0 aromatic carbocycles. The molecule has 0 radical (unpaired) electrons. The van der Waals surface area contributed by atoms with Crippen LogP contribution >= 0.6 is 11.3 Å². The molecule has 0 spiro atoms. The molecule has 0 unspecified atom stereocenters. The molecule has 1 aromatic heterocycles. The van der Waals surface area contributed by atoms with E-state index in [4.69, 9.17) is 5.26 Å². The van der Waals surface area contributed by atoms with Gasteiger partial charge in [0.05, 0.1) is 5.69 Å². The Morgan fingerprint density at radius 3 is 2.56 bits per heavy atom. The Kier molecular flexibility index (Phi) is 3.42. The second-order valence-corrected chi connectivity index (χ2v) is 4.92. The first-order valence-corrected chi connectivity index (χ1v) is 6.41. The van der Waals surface area contributed by atoms with Crippen LogP contribution in [0.1, 0.15) is 17.5 Å². The van der Waals surface area contributed by atoms with Crippen molar-refractivity contribution in [1.82, 2.24) is 9.88 Å². The molecule has 5 heteroatoms. The highest BCUT2D eigenvalue weighted by Crippen LogP contribution is 2.25. The lowest BCUT2D eigenvalue weighted by molar-refractivity contribution is 0.271. The van der Waals surface area contributed by atoms with E-state index in [0.717, 1.165) is 48.4 Å². The van der Waals surface area contributed by atoms with Gasteiger partial charge in [0.15, 0.2) is 5.13 Å². The SMILES string of the molecule is CCN1CCN(c2nc(C)c(C#N)s2)CC1. The lowest BCUT2D eigenvalue weighted by Crippen LogP contribution is -2.46. The summed E-state index contributed by atoms with van der Waals surface area (Å²) in [5.74, 6) is 0. The summed E-state index contributed by atoms with van der Waals surface area (Å²) in [6, 6.07) is 2.19. The first-order chi connectivity index (χ1) is 7.74. The number of nitrogens with zero attached hydrogens (tertiary/aromatic N) is 4. The van der Waals surface area contributed by atoms with E-state index < -0.39 is 0 Å². The Morgan fingerprint density at radius 1 is 1.38 bits per heavy atom. The fourth-order valence-corrected chi connectivity index (χ4v) is 2.79. The molecule has 16 heavy (non-hydrogen) atoms. The number of aryl methyl sites for hydroxylation is 1. The molecule has 0 N–H and O–H groups in total. The van der Waals surface area contributed by atoms with Crippen LogP contribution in [0.15, 0.2) is 0 Å². The van der Waals surface area contributed by atoms with E-state index in [1.807, 2.05) is 6.92 Å². The molecule has 86 valence electrons. The Labute approximate surface area is 100 Å². The summed E-state index contributed by atoms with van der Waals surface area (Å²) in [6.45, 7) is 9.44. The zero-order valence-corrected chi connectivity index (χ0v) is 10.5. The van der Waals surface area contributed by atoms with Gasteiger partial charge in [-0.3, -0.25) is 0 Å². The molecular weight excluding hydrogens is 220 g/mol.